The van der Waals surface area contributed by atoms with Gasteiger partial charge in [0.2, 0.25) is 0 Å². The van der Waals surface area contributed by atoms with Gasteiger partial charge in [-0.15, -0.1) is 4.40 Å². The molecule has 140 valence electrons. The average molecular weight is 375 g/mol. The van der Waals surface area contributed by atoms with Crippen LogP contribution in [0, 0.1) is 5.92 Å². The highest BCUT2D eigenvalue weighted by Crippen LogP contribution is 2.37. The van der Waals surface area contributed by atoms with Crippen LogP contribution in [0.25, 0.3) is 0 Å². The van der Waals surface area contributed by atoms with Gasteiger partial charge in [0.05, 0.1) is 5.69 Å². The van der Waals surface area contributed by atoms with Crippen LogP contribution < -0.4 is 4.90 Å². The highest BCUT2D eigenvalue weighted by atomic mass is 32.2. The van der Waals surface area contributed by atoms with Crippen molar-refractivity contribution < 1.29 is 13.2 Å². The van der Waals surface area contributed by atoms with Gasteiger partial charge in [0, 0.05) is 31.6 Å². The third-order valence-electron chi connectivity index (χ3n) is 5.83. The minimum absolute atomic E-state index is 0.131. The molecule has 4 rings (SSSR count). The molecule has 1 unspecified atom stereocenters. The van der Waals surface area contributed by atoms with Gasteiger partial charge in [0.15, 0.2) is 0 Å². The Morgan fingerprint density at radius 1 is 1.27 bits per heavy atom. The zero-order valence-electron chi connectivity index (χ0n) is 15.3. The molecule has 1 aromatic rings. The van der Waals surface area contributed by atoms with Gasteiger partial charge in [-0.2, -0.15) is 8.42 Å². The monoisotopic (exact) mass is 375 g/mol. The maximum Gasteiger partial charge on any atom is 0.286 e. The lowest BCUT2D eigenvalue weighted by atomic mass is 10.1. The molecular formula is C19H25N3O3S. The molecular weight excluding hydrogens is 350 g/mol. The van der Waals surface area contributed by atoms with E-state index in [9.17, 15) is 13.2 Å². The summed E-state index contributed by atoms with van der Waals surface area (Å²) in [7, 11) is -1.96. The SMILES string of the molecule is CC(C1CC1)N(C)C(=O)c1ccc2c(c1)S(=O)(=O)N=C1CCCCCN12. The molecule has 1 atom stereocenters. The van der Waals surface area contributed by atoms with E-state index in [1.165, 1.54) is 6.07 Å². The smallest absolute Gasteiger partial charge is 0.286 e. The lowest BCUT2D eigenvalue weighted by Crippen LogP contribution is -2.37. The molecule has 2 heterocycles. The third kappa shape index (κ3) is 3.02. The number of amidine groups is 1. The van der Waals surface area contributed by atoms with Crippen molar-refractivity contribution in [3.05, 3.63) is 23.8 Å². The number of sulfonamides is 1. The summed E-state index contributed by atoms with van der Waals surface area (Å²) < 4.78 is 29.4. The van der Waals surface area contributed by atoms with E-state index in [4.69, 9.17) is 0 Å². The molecule has 0 radical (unpaired) electrons. The zero-order chi connectivity index (χ0) is 18.5. The van der Waals surface area contributed by atoms with Crippen LogP contribution in [0.5, 0.6) is 0 Å². The van der Waals surface area contributed by atoms with Crippen molar-refractivity contribution in [3.63, 3.8) is 0 Å². The van der Waals surface area contributed by atoms with E-state index < -0.39 is 10.0 Å². The van der Waals surface area contributed by atoms with Crippen LogP contribution in [-0.2, 0) is 10.0 Å². The summed E-state index contributed by atoms with van der Waals surface area (Å²) in [4.78, 5) is 16.7. The van der Waals surface area contributed by atoms with E-state index in [2.05, 4.69) is 11.3 Å². The molecule has 1 saturated carbocycles. The van der Waals surface area contributed by atoms with Gasteiger partial charge in [0.1, 0.15) is 10.7 Å². The van der Waals surface area contributed by atoms with Crippen LogP contribution in [-0.4, -0.2) is 44.7 Å². The minimum Gasteiger partial charge on any atom is -0.339 e. The number of fused-ring (bicyclic) bond motifs is 3. The standard InChI is InChI=1S/C19H25N3O3S/c1-13(14-7-8-14)21(2)19(23)15-9-10-16-17(12-15)26(24,25)20-18-6-4-3-5-11-22(16)18/h9-10,12-14H,3-8,11H2,1-2H3. The Labute approximate surface area is 154 Å². The van der Waals surface area contributed by atoms with Gasteiger partial charge in [-0.3, -0.25) is 4.79 Å². The number of amides is 1. The highest BCUT2D eigenvalue weighted by molar-refractivity contribution is 7.90. The first-order valence-electron chi connectivity index (χ1n) is 9.41. The first-order valence-corrected chi connectivity index (χ1v) is 10.8. The number of rotatable bonds is 3. The summed E-state index contributed by atoms with van der Waals surface area (Å²) in [5.74, 6) is 1.07. The predicted octanol–water partition coefficient (Wildman–Crippen LogP) is 3.04. The van der Waals surface area contributed by atoms with Gasteiger partial charge >= 0.3 is 0 Å². The fraction of sp³-hybridized carbons (Fsp3) is 0.579. The number of anilines is 1. The second-order valence-electron chi connectivity index (χ2n) is 7.62. The molecule has 2 aliphatic heterocycles. The Hall–Kier alpha value is -1.89. The van der Waals surface area contributed by atoms with E-state index in [1.807, 2.05) is 4.90 Å². The Kier molecular flexibility index (Phi) is 4.29. The summed E-state index contributed by atoms with van der Waals surface area (Å²) in [5.41, 5.74) is 1.07. The number of carbonyl (C=O) groups excluding carboxylic acids is 1. The number of carbonyl (C=O) groups is 1. The normalized spacial score (nSPS) is 22.5. The van der Waals surface area contributed by atoms with E-state index in [1.54, 1.807) is 24.1 Å². The second kappa shape index (κ2) is 6.37. The molecule has 6 nitrogen and oxygen atoms in total. The van der Waals surface area contributed by atoms with Gasteiger partial charge in [-0.1, -0.05) is 6.42 Å². The summed E-state index contributed by atoms with van der Waals surface area (Å²) in [6.45, 7) is 2.83. The van der Waals surface area contributed by atoms with Crippen LogP contribution >= 0.6 is 0 Å². The summed E-state index contributed by atoms with van der Waals surface area (Å²) >= 11 is 0. The molecule has 1 amide bonds. The van der Waals surface area contributed by atoms with Crippen molar-refractivity contribution >= 4 is 27.5 Å². The molecule has 0 bridgehead atoms. The fourth-order valence-corrected chi connectivity index (χ4v) is 5.18. The molecule has 26 heavy (non-hydrogen) atoms. The first-order chi connectivity index (χ1) is 12.4. The third-order valence-corrected chi connectivity index (χ3v) is 7.16. The van der Waals surface area contributed by atoms with E-state index in [-0.39, 0.29) is 16.8 Å². The maximum atomic E-state index is 12.8. The first kappa shape index (κ1) is 17.5. The molecule has 0 N–H and O–H groups in total. The largest absolute Gasteiger partial charge is 0.339 e. The molecule has 0 aromatic heterocycles. The van der Waals surface area contributed by atoms with Crippen LogP contribution in [0.15, 0.2) is 27.5 Å². The molecule has 1 saturated heterocycles. The molecule has 1 aromatic carbocycles. The molecule has 3 aliphatic rings. The van der Waals surface area contributed by atoms with Crippen LogP contribution in [0.1, 0.15) is 55.8 Å². The van der Waals surface area contributed by atoms with Gasteiger partial charge in [-0.05, 0) is 56.7 Å². The highest BCUT2D eigenvalue weighted by Gasteiger charge is 2.35. The number of hydrogen-bond donors (Lipinski definition) is 0. The lowest BCUT2D eigenvalue weighted by Gasteiger charge is -2.30. The number of hydrogen-bond acceptors (Lipinski definition) is 4. The van der Waals surface area contributed by atoms with Gasteiger partial charge in [-0.25, -0.2) is 0 Å². The average Bonchev–Trinajstić information content (AvgIpc) is 3.46. The maximum absolute atomic E-state index is 12.8. The van der Waals surface area contributed by atoms with Crippen molar-refractivity contribution in [2.24, 2.45) is 10.3 Å². The quantitative estimate of drug-likeness (QED) is 0.814. The summed E-state index contributed by atoms with van der Waals surface area (Å²) in [6.07, 6.45) is 6.04. The van der Waals surface area contributed by atoms with E-state index in [0.717, 1.165) is 38.6 Å². The zero-order valence-corrected chi connectivity index (χ0v) is 16.1. The summed E-state index contributed by atoms with van der Waals surface area (Å²) in [5, 5.41) is 0. The Bertz CT molecular complexity index is 874. The van der Waals surface area contributed by atoms with Crippen molar-refractivity contribution in [2.45, 2.75) is 56.4 Å². The van der Waals surface area contributed by atoms with E-state index >= 15 is 0 Å². The van der Waals surface area contributed by atoms with Crippen LogP contribution in [0.4, 0.5) is 5.69 Å². The fourth-order valence-electron chi connectivity index (χ4n) is 3.90. The number of benzene rings is 1. The Morgan fingerprint density at radius 3 is 2.77 bits per heavy atom. The van der Waals surface area contributed by atoms with Crippen molar-refractivity contribution in [1.82, 2.24) is 4.90 Å². The Balaban J connectivity index is 1.70. The van der Waals surface area contributed by atoms with Crippen molar-refractivity contribution in [3.8, 4) is 0 Å². The minimum atomic E-state index is -3.76. The lowest BCUT2D eigenvalue weighted by molar-refractivity contribution is 0.0727. The van der Waals surface area contributed by atoms with Crippen molar-refractivity contribution in [1.29, 1.82) is 0 Å². The number of nitrogens with zero attached hydrogens (tertiary/aromatic N) is 3. The second-order valence-corrected chi connectivity index (χ2v) is 9.19. The molecule has 1 aliphatic carbocycles. The predicted molar refractivity (Wildman–Crippen MR) is 101 cm³/mol. The molecule has 7 heteroatoms. The molecule has 2 fully saturated rings. The van der Waals surface area contributed by atoms with E-state index in [0.29, 0.717) is 29.4 Å². The van der Waals surface area contributed by atoms with Gasteiger partial charge < -0.3 is 9.80 Å². The topological polar surface area (TPSA) is 70.0 Å². The summed E-state index contributed by atoms with van der Waals surface area (Å²) in [6, 6.07) is 5.20. The Morgan fingerprint density at radius 2 is 2.04 bits per heavy atom. The molecule has 0 spiro atoms. The van der Waals surface area contributed by atoms with Crippen LogP contribution in [0.3, 0.4) is 0 Å². The van der Waals surface area contributed by atoms with Gasteiger partial charge in [0.25, 0.3) is 15.9 Å². The van der Waals surface area contributed by atoms with Crippen LogP contribution in [0.2, 0.25) is 0 Å². The van der Waals surface area contributed by atoms with Crippen molar-refractivity contribution in [2.75, 3.05) is 18.5 Å².